The number of hydrogen-bond donors (Lipinski definition) is 1. The van der Waals surface area contributed by atoms with E-state index in [4.69, 9.17) is 4.74 Å². The van der Waals surface area contributed by atoms with Crippen molar-refractivity contribution >= 4 is 17.7 Å². The van der Waals surface area contributed by atoms with Gasteiger partial charge in [-0.3, -0.25) is 9.89 Å². The summed E-state index contributed by atoms with van der Waals surface area (Å²) in [6.45, 7) is 7.66. The Morgan fingerprint density at radius 1 is 1.03 bits per heavy atom. The van der Waals surface area contributed by atoms with Gasteiger partial charge in [0, 0.05) is 57.0 Å². The Balaban J connectivity index is 1.28. The SMILES string of the molecule is CN=C(NCc1ccccc1CN1CCOCC1)N1CCC(CSc2ccccc2)C1. The zero-order valence-corrected chi connectivity index (χ0v) is 19.3. The van der Waals surface area contributed by atoms with Crippen molar-refractivity contribution in [3.05, 3.63) is 65.7 Å². The summed E-state index contributed by atoms with van der Waals surface area (Å²) in [5.74, 6) is 2.89. The zero-order valence-electron chi connectivity index (χ0n) is 18.5. The molecule has 2 aromatic carbocycles. The highest BCUT2D eigenvalue weighted by Gasteiger charge is 2.25. The molecule has 5 nitrogen and oxygen atoms in total. The highest BCUT2D eigenvalue weighted by atomic mass is 32.2. The Morgan fingerprint density at radius 3 is 2.55 bits per heavy atom. The number of nitrogens with zero attached hydrogens (tertiary/aromatic N) is 3. The van der Waals surface area contributed by atoms with Crippen LogP contribution in [0.2, 0.25) is 0 Å². The first-order valence-corrected chi connectivity index (χ1v) is 12.3. The lowest BCUT2D eigenvalue weighted by Gasteiger charge is -2.28. The number of ether oxygens (including phenoxy) is 1. The molecule has 2 aliphatic heterocycles. The Bertz CT molecular complexity index is 838. The first-order chi connectivity index (χ1) is 15.3. The van der Waals surface area contributed by atoms with Crippen molar-refractivity contribution in [2.24, 2.45) is 10.9 Å². The molecule has 2 saturated heterocycles. The van der Waals surface area contributed by atoms with Crippen LogP contribution in [0, 0.1) is 5.92 Å². The summed E-state index contributed by atoms with van der Waals surface area (Å²) in [4.78, 5) is 10.8. The molecule has 0 aliphatic carbocycles. The smallest absolute Gasteiger partial charge is 0.193 e. The Hall–Kier alpha value is -2.02. The van der Waals surface area contributed by atoms with E-state index in [-0.39, 0.29) is 0 Å². The number of morpholine rings is 1. The molecule has 1 atom stereocenters. The van der Waals surface area contributed by atoms with E-state index >= 15 is 0 Å². The summed E-state index contributed by atoms with van der Waals surface area (Å²) < 4.78 is 5.49. The molecule has 2 aromatic rings. The summed E-state index contributed by atoms with van der Waals surface area (Å²) in [5.41, 5.74) is 2.75. The van der Waals surface area contributed by atoms with E-state index in [2.05, 4.69) is 74.7 Å². The van der Waals surface area contributed by atoms with Gasteiger partial charge in [-0.1, -0.05) is 42.5 Å². The van der Waals surface area contributed by atoms with Crippen LogP contribution < -0.4 is 5.32 Å². The molecule has 0 saturated carbocycles. The first kappa shape index (κ1) is 22.2. The van der Waals surface area contributed by atoms with Crippen molar-refractivity contribution in [1.29, 1.82) is 0 Å². The van der Waals surface area contributed by atoms with Crippen molar-refractivity contribution in [2.75, 3.05) is 52.2 Å². The molecule has 1 N–H and O–H groups in total. The Morgan fingerprint density at radius 2 is 1.77 bits per heavy atom. The number of nitrogens with one attached hydrogen (secondary N) is 1. The van der Waals surface area contributed by atoms with Crippen LogP contribution in [0.4, 0.5) is 0 Å². The standard InChI is InChI=1S/C25H34N4OS/c1-26-25(29-12-11-21(18-29)20-31-24-9-3-2-4-10-24)27-17-22-7-5-6-8-23(22)19-28-13-15-30-16-14-28/h2-10,21H,11-20H2,1H3,(H,26,27). The van der Waals surface area contributed by atoms with Gasteiger partial charge in [0.2, 0.25) is 0 Å². The predicted octanol–water partition coefficient (Wildman–Crippen LogP) is 3.71. The molecule has 2 fully saturated rings. The number of hydrogen-bond acceptors (Lipinski definition) is 4. The number of aliphatic imine (C=N–C) groups is 1. The molecule has 2 aliphatic rings. The average Bonchev–Trinajstić information content (AvgIpc) is 3.29. The second-order valence-corrected chi connectivity index (χ2v) is 9.38. The second kappa shape index (κ2) is 11.6. The molecule has 0 amide bonds. The number of thioether (sulfide) groups is 1. The average molecular weight is 439 g/mol. The van der Waals surface area contributed by atoms with Gasteiger partial charge >= 0.3 is 0 Å². The van der Waals surface area contributed by atoms with Crippen LogP contribution in [-0.4, -0.2) is 68.0 Å². The fourth-order valence-electron chi connectivity index (χ4n) is 4.28. The number of guanidine groups is 1. The Kier molecular flexibility index (Phi) is 8.27. The van der Waals surface area contributed by atoms with Crippen LogP contribution in [0.25, 0.3) is 0 Å². The maximum Gasteiger partial charge on any atom is 0.193 e. The van der Waals surface area contributed by atoms with Crippen LogP contribution >= 0.6 is 11.8 Å². The maximum atomic E-state index is 5.49. The monoisotopic (exact) mass is 438 g/mol. The lowest BCUT2D eigenvalue weighted by molar-refractivity contribution is 0.0341. The third-order valence-corrected chi connectivity index (χ3v) is 7.32. The van der Waals surface area contributed by atoms with E-state index in [1.165, 1.54) is 28.2 Å². The molecule has 31 heavy (non-hydrogen) atoms. The molecule has 2 heterocycles. The summed E-state index contributed by atoms with van der Waals surface area (Å²) >= 11 is 1.97. The van der Waals surface area contributed by atoms with Crippen LogP contribution in [0.1, 0.15) is 17.5 Å². The molecule has 6 heteroatoms. The summed E-state index contributed by atoms with van der Waals surface area (Å²) in [6, 6.07) is 19.5. The van der Waals surface area contributed by atoms with Crippen molar-refractivity contribution in [3.8, 4) is 0 Å². The molecular weight excluding hydrogens is 404 g/mol. The summed E-state index contributed by atoms with van der Waals surface area (Å²) in [7, 11) is 1.90. The quantitative estimate of drug-likeness (QED) is 0.405. The van der Waals surface area contributed by atoms with Crippen molar-refractivity contribution in [3.63, 3.8) is 0 Å². The molecule has 0 aromatic heterocycles. The minimum Gasteiger partial charge on any atom is -0.379 e. The van der Waals surface area contributed by atoms with Crippen LogP contribution in [-0.2, 0) is 17.8 Å². The molecule has 0 bridgehead atoms. The number of likely N-dealkylation sites (tertiary alicyclic amines) is 1. The van der Waals surface area contributed by atoms with E-state index in [0.717, 1.165) is 58.4 Å². The third-order valence-electron chi connectivity index (χ3n) is 6.08. The lowest BCUT2D eigenvalue weighted by Crippen LogP contribution is -2.40. The largest absolute Gasteiger partial charge is 0.379 e. The van der Waals surface area contributed by atoms with Gasteiger partial charge in [-0.05, 0) is 35.6 Å². The summed E-state index contributed by atoms with van der Waals surface area (Å²) in [5, 5.41) is 3.63. The van der Waals surface area contributed by atoms with E-state index in [1.54, 1.807) is 0 Å². The van der Waals surface area contributed by atoms with Crippen molar-refractivity contribution in [1.82, 2.24) is 15.1 Å². The van der Waals surface area contributed by atoms with Gasteiger partial charge in [0.05, 0.1) is 13.2 Å². The minimum absolute atomic E-state index is 0.706. The van der Waals surface area contributed by atoms with Gasteiger partial charge in [0.15, 0.2) is 5.96 Å². The fourth-order valence-corrected chi connectivity index (χ4v) is 5.33. The second-order valence-electron chi connectivity index (χ2n) is 8.28. The van der Waals surface area contributed by atoms with Gasteiger partial charge in [-0.25, -0.2) is 0 Å². The maximum absolute atomic E-state index is 5.49. The van der Waals surface area contributed by atoms with Gasteiger partial charge in [-0.2, -0.15) is 0 Å². The fraction of sp³-hybridized carbons (Fsp3) is 0.480. The van der Waals surface area contributed by atoms with Gasteiger partial charge in [-0.15, -0.1) is 11.8 Å². The minimum atomic E-state index is 0.706. The number of rotatable bonds is 7. The highest BCUT2D eigenvalue weighted by molar-refractivity contribution is 7.99. The topological polar surface area (TPSA) is 40.1 Å². The lowest BCUT2D eigenvalue weighted by atomic mass is 10.1. The van der Waals surface area contributed by atoms with Gasteiger partial charge in [0.25, 0.3) is 0 Å². The van der Waals surface area contributed by atoms with E-state index < -0.39 is 0 Å². The normalized spacial score (nSPS) is 20.2. The number of benzene rings is 2. The highest BCUT2D eigenvalue weighted by Crippen LogP contribution is 2.26. The van der Waals surface area contributed by atoms with Gasteiger partial charge in [0.1, 0.15) is 0 Å². The first-order valence-electron chi connectivity index (χ1n) is 11.3. The van der Waals surface area contributed by atoms with Crippen LogP contribution in [0.3, 0.4) is 0 Å². The molecule has 166 valence electrons. The van der Waals surface area contributed by atoms with E-state index in [9.17, 15) is 0 Å². The third kappa shape index (κ3) is 6.48. The predicted molar refractivity (Wildman–Crippen MR) is 130 cm³/mol. The molecule has 1 unspecified atom stereocenters. The van der Waals surface area contributed by atoms with Crippen molar-refractivity contribution < 1.29 is 4.74 Å². The van der Waals surface area contributed by atoms with Crippen molar-refractivity contribution in [2.45, 2.75) is 24.4 Å². The van der Waals surface area contributed by atoms with Gasteiger partial charge < -0.3 is 15.0 Å². The molecular formula is C25H34N4OS. The van der Waals surface area contributed by atoms with E-state index in [1.807, 2.05) is 18.8 Å². The molecule has 0 radical (unpaired) electrons. The van der Waals surface area contributed by atoms with E-state index in [0.29, 0.717) is 5.92 Å². The summed E-state index contributed by atoms with van der Waals surface area (Å²) in [6.07, 6.45) is 1.23. The van der Waals surface area contributed by atoms with Crippen LogP contribution in [0.15, 0.2) is 64.5 Å². The molecule has 0 spiro atoms. The zero-order chi connectivity index (χ0) is 21.3. The van der Waals surface area contributed by atoms with Crippen LogP contribution in [0.5, 0.6) is 0 Å². The Labute approximate surface area is 190 Å². The molecule has 4 rings (SSSR count).